The van der Waals surface area contributed by atoms with Gasteiger partial charge in [-0.1, -0.05) is 72.8 Å². The zero-order chi connectivity index (χ0) is 24.7. The van der Waals surface area contributed by atoms with Gasteiger partial charge in [0.15, 0.2) is 0 Å². The molecule has 0 aromatic heterocycles. The number of rotatable bonds is 8. The number of amides is 3. The number of nitrogens with one attached hydrogen (secondary N) is 2. The first-order valence-corrected chi connectivity index (χ1v) is 11.7. The quantitative estimate of drug-likeness (QED) is 0.247. The summed E-state index contributed by atoms with van der Waals surface area (Å²) in [6.45, 7) is 1.53. The maximum absolute atomic E-state index is 13.0. The number of para-hydroxylation sites is 1. The molecule has 0 spiro atoms. The monoisotopic (exact) mass is 475 g/mol. The maximum atomic E-state index is 13.0. The van der Waals surface area contributed by atoms with E-state index in [1.165, 1.54) is 5.56 Å². The van der Waals surface area contributed by atoms with E-state index in [4.69, 9.17) is 4.74 Å². The van der Waals surface area contributed by atoms with E-state index >= 15 is 0 Å². The van der Waals surface area contributed by atoms with Gasteiger partial charge in [0.1, 0.15) is 17.2 Å². The van der Waals surface area contributed by atoms with E-state index in [9.17, 15) is 9.59 Å². The van der Waals surface area contributed by atoms with Gasteiger partial charge in [-0.05, 0) is 59.2 Å². The Kier molecular flexibility index (Phi) is 6.87. The number of nitrogens with zero attached hydrogens (tertiary/aromatic N) is 1. The number of carbonyl (C=O) groups excluding carboxylic acids is 2. The smallest absolute Gasteiger partial charge is 0.333 e. The molecule has 36 heavy (non-hydrogen) atoms. The summed E-state index contributed by atoms with van der Waals surface area (Å²) in [7, 11) is 0. The Bertz CT molecular complexity index is 1370. The molecule has 2 N–H and O–H groups in total. The van der Waals surface area contributed by atoms with Crippen molar-refractivity contribution in [2.75, 3.05) is 4.90 Å². The number of hydrogen-bond acceptors (Lipinski definition) is 4. The molecule has 5 rings (SSSR count). The molecule has 178 valence electrons. The second-order valence-corrected chi connectivity index (χ2v) is 8.37. The van der Waals surface area contributed by atoms with Gasteiger partial charge in [0.2, 0.25) is 0 Å². The molecule has 6 nitrogen and oxygen atoms in total. The fourth-order valence-corrected chi connectivity index (χ4v) is 3.90. The molecule has 1 saturated heterocycles. The number of anilines is 1. The molecule has 3 amide bonds. The van der Waals surface area contributed by atoms with E-state index in [0.29, 0.717) is 17.2 Å². The van der Waals surface area contributed by atoms with Crippen LogP contribution in [0.15, 0.2) is 115 Å². The van der Waals surface area contributed by atoms with Crippen LogP contribution in [-0.2, 0) is 17.9 Å². The normalized spacial score (nSPS) is 14.2. The highest BCUT2D eigenvalue weighted by molar-refractivity contribution is 6.28. The number of ether oxygens (including phenoxy) is 1. The Hall–Kier alpha value is -4.68. The average Bonchev–Trinajstić information content (AvgIpc) is 3.19. The summed E-state index contributed by atoms with van der Waals surface area (Å²) in [4.78, 5) is 26.7. The lowest BCUT2D eigenvalue weighted by molar-refractivity contribution is -0.113. The first-order valence-electron chi connectivity index (χ1n) is 11.7. The molecule has 0 bridgehead atoms. The van der Waals surface area contributed by atoms with Gasteiger partial charge in [0.25, 0.3) is 5.91 Å². The molecule has 0 unspecified atom stereocenters. The summed E-state index contributed by atoms with van der Waals surface area (Å²) >= 11 is 0. The Labute approximate surface area is 209 Å². The van der Waals surface area contributed by atoms with E-state index in [-0.39, 0.29) is 5.70 Å². The van der Waals surface area contributed by atoms with Gasteiger partial charge in [0.05, 0.1) is 5.69 Å². The van der Waals surface area contributed by atoms with E-state index in [2.05, 4.69) is 22.8 Å². The van der Waals surface area contributed by atoms with Crippen molar-refractivity contribution in [1.82, 2.24) is 10.6 Å². The zero-order valence-corrected chi connectivity index (χ0v) is 19.6. The molecular formula is C30H25N3O3. The van der Waals surface area contributed by atoms with Crippen molar-refractivity contribution in [3.05, 3.63) is 132 Å². The molecule has 1 heterocycles. The van der Waals surface area contributed by atoms with E-state index in [0.717, 1.165) is 29.1 Å². The van der Waals surface area contributed by atoms with Crippen LogP contribution in [0.2, 0.25) is 0 Å². The third-order valence-corrected chi connectivity index (χ3v) is 5.74. The second-order valence-electron chi connectivity index (χ2n) is 8.37. The molecule has 1 fully saturated rings. The van der Waals surface area contributed by atoms with Gasteiger partial charge in [0, 0.05) is 13.1 Å². The van der Waals surface area contributed by atoms with Crippen LogP contribution in [-0.4, -0.2) is 11.9 Å². The maximum Gasteiger partial charge on any atom is 0.333 e. The minimum atomic E-state index is -0.482. The standard InChI is InChI=1S/C30H25N3O3/c34-29-28(19-22-11-13-24(14-12-22)21-31-20-23-7-3-1-4-8-23)32-30(35)33(29)25-15-17-27(18-16-25)36-26-9-5-2-6-10-26/h1-19,31H,20-21H2,(H,32,35)/b28-19-. The van der Waals surface area contributed by atoms with Gasteiger partial charge < -0.3 is 15.4 Å². The van der Waals surface area contributed by atoms with Gasteiger partial charge in [-0.3, -0.25) is 4.79 Å². The Morgan fingerprint density at radius 1 is 0.694 bits per heavy atom. The lowest BCUT2D eigenvalue weighted by Crippen LogP contribution is -2.30. The van der Waals surface area contributed by atoms with Crippen molar-refractivity contribution >= 4 is 23.7 Å². The number of hydrogen-bond donors (Lipinski definition) is 2. The Balaban J connectivity index is 1.21. The first kappa shape index (κ1) is 23.1. The predicted molar refractivity (Wildman–Crippen MR) is 140 cm³/mol. The fourth-order valence-electron chi connectivity index (χ4n) is 3.90. The van der Waals surface area contributed by atoms with Crippen molar-refractivity contribution in [3.8, 4) is 11.5 Å². The van der Waals surface area contributed by atoms with Crippen LogP contribution in [0.1, 0.15) is 16.7 Å². The van der Waals surface area contributed by atoms with Crippen LogP contribution in [0.5, 0.6) is 11.5 Å². The van der Waals surface area contributed by atoms with Crippen LogP contribution in [0, 0.1) is 0 Å². The second kappa shape index (κ2) is 10.7. The minimum absolute atomic E-state index is 0.236. The Morgan fingerprint density at radius 2 is 1.28 bits per heavy atom. The molecule has 1 aliphatic heterocycles. The molecule has 6 heteroatoms. The summed E-state index contributed by atoms with van der Waals surface area (Å²) in [6, 6.07) is 33.9. The molecule has 0 atom stereocenters. The highest BCUT2D eigenvalue weighted by Crippen LogP contribution is 2.27. The van der Waals surface area contributed by atoms with Gasteiger partial charge >= 0.3 is 6.03 Å². The highest BCUT2D eigenvalue weighted by atomic mass is 16.5. The van der Waals surface area contributed by atoms with Crippen molar-refractivity contribution in [2.24, 2.45) is 0 Å². The molecule has 0 radical (unpaired) electrons. The van der Waals surface area contributed by atoms with Crippen molar-refractivity contribution < 1.29 is 14.3 Å². The Morgan fingerprint density at radius 3 is 1.94 bits per heavy atom. The highest BCUT2D eigenvalue weighted by Gasteiger charge is 2.34. The van der Waals surface area contributed by atoms with E-state index in [1.807, 2.05) is 72.8 Å². The number of benzene rings is 4. The summed E-state index contributed by atoms with van der Waals surface area (Å²) in [6.07, 6.45) is 1.69. The first-order chi connectivity index (χ1) is 17.7. The summed E-state index contributed by atoms with van der Waals surface area (Å²) in [5.74, 6) is 0.930. The van der Waals surface area contributed by atoms with Gasteiger partial charge in [-0.25, -0.2) is 9.69 Å². The molecule has 0 aliphatic carbocycles. The van der Waals surface area contributed by atoms with Crippen LogP contribution in [0.4, 0.5) is 10.5 Å². The third-order valence-electron chi connectivity index (χ3n) is 5.74. The van der Waals surface area contributed by atoms with Crippen LogP contribution in [0.3, 0.4) is 0 Å². The van der Waals surface area contributed by atoms with Crippen molar-refractivity contribution in [3.63, 3.8) is 0 Å². The number of carbonyl (C=O) groups is 2. The zero-order valence-electron chi connectivity index (χ0n) is 19.6. The SMILES string of the molecule is O=C1N/C(=C\c2ccc(CNCc3ccccc3)cc2)C(=O)N1c1ccc(Oc2ccccc2)cc1. The largest absolute Gasteiger partial charge is 0.457 e. The van der Waals surface area contributed by atoms with E-state index in [1.54, 1.807) is 30.3 Å². The summed E-state index contributed by atoms with van der Waals surface area (Å²) in [5, 5.41) is 6.10. The minimum Gasteiger partial charge on any atom is -0.457 e. The number of urea groups is 1. The molecular weight excluding hydrogens is 450 g/mol. The summed E-state index contributed by atoms with van der Waals surface area (Å²) < 4.78 is 5.79. The molecule has 4 aromatic carbocycles. The summed E-state index contributed by atoms with van der Waals surface area (Å²) in [5.41, 5.74) is 3.91. The lowest BCUT2D eigenvalue weighted by atomic mass is 10.1. The predicted octanol–water partition coefficient (Wildman–Crippen LogP) is 5.87. The fraction of sp³-hybridized carbons (Fsp3) is 0.0667. The molecule has 1 aliphatic rings. The topological polar surface area (TPSA) is 70.7 Å². The van der Waals surface area contributed by atoms with Crippen LogP contribution >= 0.6 is 0 Å². The van der Waals surface area contributed by atoms with Crippen molar-refractivity contribution in [2.45, 2.75) is 13.1 Å². The van der Waals surface area contributed by atoms with Gasteiger partial charge in [-0.15, -0.1) is 0 Å². The van der Waals surface area contributed by atoms with Crippen molar-refractivity contribution in [1.29, 1.82) is 0 Å². The third kappa shape index (κ3) is 5.51. The van der Waals surface area contributed by atoms with Crippen LogP contribution in [0.25, 0.3) is 6.08 Å². The van der Waals surface area contributed by atoms with E-state index < -0.39 is 11.9 Å². The molecule has 4 aromatic rings. The number of imide groups is 1. The molecule has 0 saturated carbocycles. The van der Waals surface area contributed by atoms with Crippen LogP contribution < -0.4 is 20.3 Å². The van der Waals surface area contributed by atoms with Gasteiger partial charge in [-0.2, -0.15) is 0 Å². The lowest BCUT2D eigenvalue weighted by Gasteiger charge is -2.13. The average molecular weight is 476 g/mol.